The average Bonchev–Trinajstić information content (AvgIpc) is 2.78. The smallest absolute Gasteiger partial charge is 0.114 e. The monoisotopic (exact) mass is 223 g/mol. The van der Waals surface area contributed by atoms with Crippen LogP contribution in [0.5, 0.6) is 0 Å². The number of nitrogens with zero attached hydrogens (tertiary/aromatic N) is 3. The molecule has 0 saturated heterocycles. The van der Waals surface area contributed by atoms with Crippen LogP contribution >= 0.6 is 11.3 Å². The molecule has 0 saturated carbocycles. The second-order valence-corrected chi connectivity index (χ2v) is 4.37. The number of hydrogen-bond donors (Lipinski definition) is 1. The highest BCUT2D eigenvalue weighted by Crippen LogP contribution is 2.15. The number of rotatable bonds is 3. The van der Waals surface area contributed by atoms with Gasteiger partial charge >= 0.3 is 0 Å². The van der Waals surface area contributed by atoms with Gasteiger partial charge in [-0.3, -0.25) is 4.68 Å². The Bertz CT molecular complexity index is 447. The van der Waals surface area contributed by atoms with Crippen molar-refractivity contribution in [2.75, 3.05) is 0 Å². The molecule has 0 aliphatic rings. The first-order valence-corrected chi connectivity index (χ1v) is 5.62. The lowest BCUT2D eigenvalue weighted by atomic mass is 10.2. The van der Waals surface area contributed by atoms with Crippen molar-refractivity contribution in [3.63, 3.8) is 0 Å². The highest BCUT2D eigenvalue weighted by molar-refractivity contribution is 7.09. The minimum Gasteiger partial charge on any atom is -0.392 e. The predicted octanol–water partition coefficient (Wildman–Crippen LogP) is 1.50. The minimum absolute atomic E-state index is 0.0511. The van der Waals surface area contributed by atoms with Gasteiger partial charge in [0.1, 0.15) is 5.01 Å². The van der Waals surface area contributed by atoms with Crippen molar-refractivity contribution in [3.8, 4) is 0 Å². The Kier molecular flexibility index (Phi) is 2.83. The topological polar surface area (TPSA) is 50.9 Å². The predicted molar refractivity (Wildman–Crippen MR) is 58.8 cm³/mol. The van der Waals surface area contributed by atoms with Crippen LogP contribution in [0.25, 0.3) is 0 Å². The van der Waals surface area contributed by atoms with Crippen molar-refractivity contribution in [1.82, 2.24) is 14.8 Å². The lowest BCUT2D eigenvalue weighted by molar-refractivity contribution is 0.280. The maximum absolute atomic E-state index is 9.17. The second-order valence-electron chi connectivity index (χ2n) is 3.39. The lowest BCUT2D eigenvalue weighted by Crippen LogP contribution is -2.03. The van der Waals surface area contributed by atoms with Gasteiger partial charge in [-0.1, -0.05) is 0 Å². The van der Waals surface area contributed by atoms with Gasteiger partial charge in [-0.2, -0.15) is 5.10 Å². The molecule has 80 valence electrons. The summed E-state index contributed by atoms with van der Waals surface area (Å²) in [7, 11) is 0. The van der Waals surface area contributed by atoms with Crippen LogP contribution in [-0.2, 0) is 13.2 Å². The van der Waals surface area contributed by atoms with Crippen LogP contribution in [0, 0.1) is 13.8 Å². The lowest BCUT2D eigenvalue weighted by Gasteiger charge is -2.01. The normalized spacial score (nSPS) is 10.9. The number of aryl methyl sites for hydroxylation is 1. The molecular weight excluding hydrogens is 210 g/mol. The van der Waals surface area contributed by atoms with Crippen molar-refractivity contribution < 1.29 is 5.11 Å². The molecule has 0 amide bonds. The molecule has 4 nitrogen and oxygen atoms in total. The van der Waals surface area contributed by atoms with E-state index in [0.29, 0.717) is 6.54 Å². The summed E-state index contributed by atoms with van der Waals surface area (Å²) in [5.41, 5.74) is 2.84. The number of thiazole rings is 1. The van der Waals surface area contributed by atoms with Crippen molar-refractivity contribution in [2.24, 2.45) is 0 Å². The minimum atomic E-state index is 0.0511. The summed E-state index contributed by atoms with van der Waals surface area (Å²) in [5.74, 6) is 0. The Balaban J connectivity index is 2.29. The zero-order valence-corrected chi connectivity index (χ0v) is 9.58. The number of aromatic nitrogens is 3. The summed E-state index contributed by atoms with van der Waals surface area (Å²) in [4.78, 5) is 4.21. The third-order valence-electron chi connectivity index (χ3n) is 2.46. The van der Waals surface area contributed by atoms with E-state index < -0.39 is 0 Å². The molecule has 0 fully saturated rings. The van der Waals surface area contributed by atoms with Gasteiger partial charge in [0.25, 0.3) is 0 Å². The fourth-order valence-corrected chi connectivity index (χ4v) is 2.17. The van der Waals surface area contributed by atoms with E-state index in [1.807, 2.05) is 23.9 Å². The fourth-order valence-electron chi connectivity index (χ4n) is 1.58. The molecule has 0 atom stereocenters. The van der Waals surface area contributed by atoms with Gasteiger partial charge in [0, 0.05) is 22.8 Å². The molecule has 0 spiro atoms. The molecule has 0 radical (unpaired) electrons. The number of aliphatic hydroxyl groups excluding tert-OH is 1. The maximum Gasteiger partial charge on any atom is 0.114 e. The standard InChI is InChI=1S/C10H13N3OS/c1-7-9(6-14)8(2)13(12-7)5-10-11-3-4-15-10/h3-4,14H,5-6H2,1-2H3. The van der Waals surface area contributed by atoms with Gasteiger partial charge in [-0.15, -0.1) is 11.3 Å². The number of aliphatic hydroxyl groups is 1. The van der Waals surface area contributed by atoms with E-state index in [1.165, 1.54) is 0 Å². The summed E-state index contributed by atoms with van der Waals surface area (Å²) < 4.78 is 1.89. The van der Waals surface area contributed by atoms with Gasteiger partial charge < -0.3 is 5.11 Å². The molecule has 0 bridgehead atoms. The van der Waals surface area contributed by atoms with Gasteiger partial charge in [0.05, 0.1) is 18.8 Å². The second kappa shape index (κ2) is 4.12. The molecule has 2 aromatic rings. The van der Waals surface area contributed by atoms with Crippen molar-refractivity contribution >= 4 is 11.3 Å². The zero-order chi connectivity index (χ0) is 10.8. The highest BCUT2D eigenvalue weighted by Gasteiger charge is 2.10. The molecule has 5 heteroatoms. The van der Waals surface area contributed by atoms with Gasteiger partial charge in [-0.25, -0.2) is 4.98 Å². The SMILES string of the molecule is Cc1nn(Cc2nccs2)c(C)c1CO. The first-order valence-electron chi connectivity index (χ1n) is 4.74. The van der Waals surface area contributed by atoms with Crippen LogP contribution < -0.4 is 0 Å². The zero-order valence-electron chi connectivity index (χ0n) is 8.77. The first-order chi connectivity index (χ1) is 7.22. The van der Waals surface area contributed by atoms with Crippen molar-refractivity contribution in [3.05, 3.63) is 33.5 Å². The van der Waals surface area contributed by atoms with Gasteiger partial charge in [-0.05, 0) is 13.8 Å². The van der Waals surface area contributed by atoms with Crippen LogP contribution in [0.3, 0.4) is 0 Å². The molecule has 0 aliphatic heterocycles. The van der Waals surface area contributed by atoms with Crippen LogP contribution in [-0.4, -0.2) is 19.9 Å². The Morgan fingerprint density at radius 3 is 2.80 bits per heavy atom. The molecule has 2 aromatic heterocycles. The van der Waals surface area contributed by atoms with Crippen molar-refractivity contribution in [2.45, 2.75) is 27.0 Å². The third-order valence-corrected chi connectivity index (χ3v) is 3.22. The molecule has 0 aromatic carbocycles. The maximum atomic E-state index is 9.17. The highest BCUT2D eigenvalue weighted by atomic mass is 32.1. The summed E-state index contributed by atoms with van der Waals surface area (Å²) in [6.45, 7) is 4.62. The Morgan fingerprint density at radius 1 is 1.47 bits per heavy atom. The molecule has 2 rings (SSSR count). The molecule has 2 heterocycles. The summed E-state index contributed by atoms with van der Waals surface area (Å²) in [6, 6.07) is 0. The first kappa shape index (κ1) is 10.3. The number of hydrogen-bond acceptors (Lipinski definition) is 4. The Morgan fingerprint density at radius 2 is 2.27 bits per heavy atom. The Hall–Kier alpha value is -1.20. The molecular formula is C10H13N3OS. The van der Waals surface area contributed by atoms with Crippen molar-refractivity contribution in [1.29, 1.82) is 0 Å². The molecule has 15 heavy (non-hydrogen) atoms. The van der Waals surface area contributed by atoms with Crippen LogP contribution in [0.2, 0.25) is 0 Å². The van der Waals surface area contributed by atoms with E-state index in [2.05, 4.69) is 10.1 Å². The summed E-state index contributed by atoms with van der Waals surface area (Å²) in [6.07, 6.45) is 1.79. The largest absolute Gasteiger partial charge is 0.392 e. The molecule has 0 unspecified atom stereocenters. The third kappa shape index (κ3) is 1.93. The quantitative estimate of drug-likeness (QED) is 0.857. The van der Waals surface area contributed by atoms with Crippen LogP contribution in [0.4, 0.5) is 0 Å². The van der Waals surface area contributed by atoms with E-state index in [0.717, 1.165) is 22.0 Å². The van der Waals surface area contributed by atoms with E-state index in [1.54, 1.807) is 17.5 Å². The van der Waals surface area contributed by atoms with E-state index >= 15 is 0 Å². The van der Waals surface area contributed by atoms with Crippen LogP contribution in [0.15, 0.2) is 11.6 Å². The van der Waals surface area contributed by atoms with E-state index in [4.69, 9.17) is 0 Å². The average molecular weight is 223 g/mol. The molecule has 0 aliphatic carbocycles. The Labute approximate surface area is 92.2 Å². The van der Waals surface area contributed by atoms with Crippen LogP contribution in [0.1, 0.15) is 22.0 Å². The summed E-state index contributed by atoms with van der Waals surface area (Å²) in [5, 5.41) is 16.5. The van der Waals surface area contributed by atoms with Gasteiger partial charge in [0.2, 0.25) is 0 Å². The fraction of sp³-hybridized carbons (Fsp3) is 0.400. The van der Waals surface area contributed by atoms with E-state index in [-0.39, 0.29) is 6.61 Å². The van der Waals surface area contributed by atoms with Gasteiger partial charge in [0.15, 0.2) is 0 Å². The summed E-state index contributed by atoms with van der Waals surface area (Å²) >= 11 is 1.61. The molecule has 1 N–H and O–H groups in total. The van der Waals surface area contributed by atoms with E-state index in [9.17, 15) is 5.11 Å².